The molecule has 0 N–H and O–H groups in total. The van der Waals surface area contributed by atoms with Crippen molar-refractivity contribution in [1.29, 1.82) is 0 Å². The van der Waals surface area contributed by atoms with Crippen molar-refractivity contribution < 1.29 is 4.79 Å². The highest BCUT2D eigenvalue weighted by Gasteiger charge is 2.31. The van der Waals surface area contributed by atoms with E-state index in [9.17, 15) is 4.79 Å². The van der Waals surface area contributed by atoms with Gasteiger partial charge in [0, 0.05) is 12.3 Å². The van der Waals surface area contributed by atoms with E-state index in [1.165, 1.54) is 22.3 Å². The van der Waals surface area contributed by atoms with Gasteiger partial charge in [-0.3, -0.25) is 4.79 Å². The molecule has 2 aliphatic carbocycles. The molecule has 0 radical (unpaired) electrons. The van der Waals surface area contributed by atoms with Gasteiger partial charge in [0.15, 0.2) is 0 Å². The van der Waals surface area contributed by atoms with Gasteiger partial charge in [-0.2, -0.15) is 0 Å². The first-order valence-corrected chi connectivity index (χ1v) is 7.98. The lowest BCUT2D eigenvalue weighted by atomic mass is 9.72. The largest absolute Gasteiger partial charge is 0.299 e. The van der Waals surface area contributed by atoms with Crippen molar-refractivity contribution in [2.75, 3.05) is 0 Å². The number of carbonyl (C=O) groups is 1. The molecule has 1 heteroatoms. The first-order valence-electron chi connectivity index (χ1n) is 7.98. The number of ketones is 1. The average molecular weight is 276 g/mol. The van der Waals surface area contributed by atoms with Crippen molar-refractivity contribution in [2.45, 2.75) is 38.0 Å². The summed E-state index contributed by atoms with van der Waals surface area (Å²) in [7, 11) is 0. The highest BCUT2D eigenvalue weighted by atomic mass is 16.1. The van der Waals surface area contributed by atoms with E-state index in [0.29, 0.717) is 11.7 Å². The maximum absolute atomic E-state index is 12.6. The number of hydrogen-bond acceptors (Lipinski definition) is 1. The van der Waals surface area contributed by atoms with Crippen molar-refractivity contribution >= 4 is 5.78 Å². The van der Waals surface area contributed by atoms with E-state index in [-0.39, 0.29) is 5.92 Å². The Kier molecular flexibility index (Phi) is 3.14. The summed E-state index contributed by atoms with van der Waals surface area (Å²) in [5.74, 6) is 1.20. The SMILES string of the molecule is O=C(CC1Cc2ccccc21)C1CCc2ccccc2C1. The molecule has 21 heavy (non-hydrogen) atoms. The number of aryl methyl sites for hydroxylation is 1. The van der Waals surface area contributed by atoms with Gasteiger partial charge in [0.05, 0.1) is 0 Å². The van der Waals surface area contributed by atoms with Crippen LogP contribution in [-0.4, -0.2) is 5.78 Å². The molecule has 0 amide bonds. The van der Waals surface area contributed by atoms with E-state index >= 15 is 0 Å². The lowest BCUT2D eigenvalue weighted by Gasteiger charge is -2.31. The van der Waals surface area contributed by atoms with Gasteiger partial charge in [-0.05, 0) is 53.9 Å². The van der Waals surface area contributed by atoms with Gasteiger partial charge >= 0.3 is 0 Å². The molecule has 4 rings (SSSR count). The molecule has 0 saturated carbocycles. The smallest absolute Gasteiger partial charge is 0.136 e. The maximum Gasteiger partial charge on any atom is 0.136 e. The van der Waals surface area contributed by atoms with Gasteiger partial charge in [-0.25, -0.2) is 0 Å². The van der Waals surface area contributed by atoms with E-state index in [1.807, 2.05) is 0 Å². The number of rotatable bonds is 3. The summed E-state index contributed by atoms with van der Waals surface area (Å²) in [5, 5.41) is 0. The number of hydrogen-bond donors (Lipinski definition) is 0. The van der Waals surface area contributed by atoms with Crippen LogP contribution >= 0.6 is 0 Å². The molecule has 2 aromatic rings. The van der Waals surface area contributed by atoms with Crippen LogP contribution in [0.5, 0.6) is 0 Å². The topological polar surface area (TPSA) is 17.1 Å². The molecular weight excluding hydrogens is 256 g/mol. The molecule has 2 unspecified atom stereocenters. The van der Waals surface area contributed by atoms with E-state index in [4.69, 9.17) is 0 Å². The molecule has 0 spiro atoms. The lowest BCUT2D eigenvalue weighted by molar-refractivity contribution is -0.123. The predicted octanol–water partition coefficient (Wildman–Crippen LogP) is 4.09. The molecule has 0 bridgehead atoms. The van der Waals surface area contributed by atoms with Crippen LogP contribution in [0, 0.1) is 5.92 Å². The second-order valence-corrected chi connectivity index (χ2v) is 6.48. The van der Waals surface area contributed by atoms with Crippen molar-refractivity contribution in [1.82, 2.24) is 0 Å². The number of benzene rings is 2. The third kappa shape index (κ3) is 2.31. The molecule has 0 aliphatic heterocycles. The van der Waals surface area contributed by atoms with Crippen LogP contribution in [0.2, 0.25) is 0 Å². The summed E-state index contributed by atoms with van der Waals surface area (Å²) in [6.45, 7) is 0. The minimum atomic E-state index is 0.243. The zero-order valence-electron chi connectivity index (χ0n) is 12.2. The minimum Gasteiger partial charge on any atom is -0.299 e. The summed E-state index contributed by atoms with van der Waals surface area (Å²) in [6, 6.07) is 17.1. The Labute approximate surface area is 126 Å². The Balaban J connectivity index is 1.43. The molecule has 106 valence electrons. The molecule has 2 atom stereocenters. The second-order valence-electron chi connectivity index (χ2n) is 6.48. The summed E-state index contributed by atoms with van der Waals surface area (Å²) >= 11 is 0. The Morgan fingerprint density at radius 3 is 2.43 bits per heavy atom. The normalized spacial score (nSPS) is 22.9. The van der Waals surface area contributed by atoms with Crippen LogP contribution in [0.4, 0.5) is 0 Å². The van der Waals surface area contributed by atoms with E-state index in [1.54, 1.807) is 0 Å². The molecule has 2 aliphatic rings. The Bertz CT molecular complexity index is 686. The predicted molar refractivity (Wildman–Crippen MR) is 84.5 cm³/mol. The van der Waals surface area contributed by atoms with Crippen molar-refractivity contribution in [3.8, 4) is 0 Å². The molecule has 0 saturated heterocycles. The average Bonchev–Trinajstić information content (AvgIpc) is 2.52. The van der Waals surface area contributed by atoms with Gasteiger partial charge < -0.3 is 0 Å². The summed E-state index contributed by atoms with van der Waals surface area (Å²) in [4.78, 5) is 12.6. The fourth-order valence-electron chi connectivity index (χ4n) is 3.93. The number of carbonyl (C=O) groups excluding carboxylic acids is 1. The lowest BCUT2D eigenvalue weighted by Crippen LogP contribution is -2.27. The minimum absolute atomic E-state index is 0.243. The molecule has 1 nitrogen and oxygen atoms in total. The van der Waals surface area contributed by atoms with Crippen LogP contribution in [0.15, 0.2) is 48.5 Å². The van der Waals surface area contributed by atoms with Gasteiger partial charge in [0.1, 0.15) is 5.78 Å². The van der Waals surface area contributed by atoms with Crippen molar-refractivity contribution in [3.63, 3.8) is 0 Å². The zero-order valence-corrected chi connectivity index (χ0v) is 12.2. The molecular formula is C20H20O. The Morgan fingerprint density at radius 1 is 0.905 bits per heavy atom. The van der Waals surface area contributed by atoms with Crippen LogP contribution in [0.1, 0.15) is 41.0 Å². The second kappa shape index (κ2) is 5.14. The highest BCUT2D eigenvalue weighted by Crippen LogP contribution is 2.39. The summed E-state index contributed by atoms with van der Waals surface area (Å²) < 4.78 is 0. The van der Waals surface area contributed by atoms with Crippen LogP contribution in [0.25, 0.3) is 0 Å². The monoisotopic (exact) mass is 276 g/mol. The quantitative estimate of drug-likeness (QED) is 0.825. The Hall–Kier alpha value is -1.89. The van der Waals surface area contributed by atoms with Crippen LogP contribution in [0.3, 0.4) is 0 Å². The molecule has 0 heterocycles. The number of Topliss-reactive ketones (excluding diaryl/α,β-unsaturated/α-hetero) is 1. The first kappa shape index (κ1) is 12.8. The third-order valence-corrected chi connectivity index (χ3v) is 5.21. The zero-order chi connectivity index (χ0) is 14.2. The van der Waals surface area contributed by atoms with Crippen LogP contribution < -0.4 is 0 Å². The summed E-state index contributed by atoms with van der Waals surface area (Å²) in [6.07, 6.45) is 4.87. The van der Waals surface area contributed by atoms with Gasteiger partial charge in [0.2, 0.25) is 0 Å². The standard InChI is InChI=1S/C20H20O/c21-20(13-18-12-16-7-3-4-8-19(16)18)17-10-9-14-5-1-2-6-15(14)11-17/h1-8,17-18H,9-13H2. The third-order valence-electron chi connectivity index (χ3n) is 5.21. The summed E-state index contributed by atoms with van der Waals surface area (Å²) in [5.41, 5.74) is 5.66. The molecule has 0 fully saturated rings. The van der Waals surface area contributed by atoms with Gasteiger partial charge in [-0.1, -0.05) is 48.5 Å². The van der Waals surface area contributed by atoms with E-state index < -0.39 is 0 Å². The maximum atomic E-state index is 12.6. The molecule has 0 aromatic heterocycles. The van der Waals surface area contributed by atoms with Gasteiger partial charge in [0.25, 0.3) is 0 Å². The van der Waals surface area contributed by atoms with Crippen molar-refractivity contribution in [3.05, 3.63) is 70.8 Å². The highest BCUT2D eigenvalue weighted by molar-refractivity contribution is 5.83. The number of fused-ring (bicyclic) bond motifs is 2. The van der Waals surface area contributed by atoms with E-state index in [2.05, 4.69) is 48.5 Å². The first-order chi connectivity index (χ1) is 10.3. The Morgan fingerprint density at radius 2 is 1.62 bits per heavy atom. The van der Waals surface area contributed by atoms with E-state index in [0.717, 1.165) is 32.1 Å². The van der Waals surface area contributed by atoms with Crippen molar-refractivity contribution in [2.24, 2.45) is 5.92 Å². The molecule has 2 aromatic carbocycles. The fourth-order valence-corrected chi connectivity index (χ4v) is 3.93. The van der Waals surface area contributed by atoms with Crippen LogP contribution in [-0.2, 0) is 24.1 Å². The fraction of sp³-hybridized carbons (Fsp3) is 0.350. The van der Waals surface area contributed by atoms with Gasteiger partial charge in [-0.15, -0.1) is 0 Å².